The molecule has 0 radical (unpaired) electrons. The molecule has 0 amide bonds. The SMILES string of the molecule is CS(=O)(=O)c1cccc(-c2nc(CCl)co2)c1. The molecule has 4 nitrogen and oxygen atoms in total. The average Bonchev–Trinajstić information content (AvgIpc) is 2.76. The fraction of sp³-hybridized carbons (Fsp3) is 0.182. The molecule has 1 heterocycles. The molecule has 0 fully saturated rings. The summed E-state index contributed by atoms with van der Waals surface area (Å²) in [6.45, 7) is 0. The Labute approximate surface area is 104 Å². The minimum absolute atomic E-state index is 0.237. The van der Waals surface area contributed by atoms with E-state index in [1.54, 1.807) is 12.1 Å². The molecule has 1 aromatic heterocycles. The van der Waals surface area contributed by atoms with Crippen LogP contribution in [0.4, 0.5) is 0 Å². The fourth-order valence-corrected chi connectivity index (χ4v) is 2.15. The van der Waals surface area contributed by atoms with Crippen molar-refractivity contribution in [1.29, 1.82) is 0 Å². The second-order valence-electron chi connectivity index (χ2n) is 3.58. The number of hydrogen-bond acceptors (Lipinski definition) is 4. The average molecular weight is 272 g/mol. The maximum Gasteiger partial charge on any atom is 0.226 e. The molecule has 2 aromatic rings. The monoisotopic (exact) mass is 271 g/mol. The van der Waals surface area contributed by atoms with Gasteiger partial charge in [-0.1, -0.05) is 6.07 Å². The maximum absolute atomic E-state index is 11.4. The Hall–Kier alpha value is -1.33. The van der Waals surface area contributed by atoms with Gasteiger partial charge in [0.05, 0.1) is 16.5 Å². The lowest BCUT2D eigenvalue weighted by atomic mass is 10.2. The summed E-state index contributed by atoms with van der Waals surface area (Å²) in [5.74, 6) is 0.626. The van der Waals surface area contributed by atoms with Crippen LogP contribution in [0.3, 0.4) is 0 Å². The van der Waals surface area contributed by atoms with Crippen molar-refractivity contribution in [2.45, 2.75) is 10.8 Å². The van der Waals surface area contributed by atoms with Crippen LogP contribution < -0.4 is 0 Å². The lowest BCUT2D eigenvalue weighted by Gasteiger charge is -2.00. The number of sulfone groups is 1. The van der Waals surface area contributed by atoms with E-state index in [1.165, 1.54) is 18.4 Å². The van der Waals surface area contributed by atoms with E-state index in [-0.39, 0.29) is 10.8 Å². The zero-order chi connectivity index (χ0) is 12.5. The minimum Gasteiger partial charge on any atom is -0.444 e. The number of nitrogens with zero attached hydrogens (tertiary/aromatic N) is 1. The van der Waals surface area contributed by atoms with Gasteiger partial charge >= 0.3 is 0 Å². The van der Waals surface area contributed by atoms with E-state index in [9.17, 15) is 8.42 Å². The van der Waals surface area contributed by atoms with Crippen molar-refractivity contribution < 1.29 is 12.8 Å². The largest absolute Gasteiger partial charge is 0.444 e. The summed E-state index contributed by atoms with van der Waals surface area (Å²) >= 11 is 5.61. The highest BCUT2D eigenvalue weighted by molar-refractivity contribution is 7.90. The molecule has 0 spiro atoms. The van der Waals surface area contributed by atoms with Gasteiger partial charge in [0.1, 0.15) is 6.26 Å². The van der Waals surface area contributed by atoms with Crippen LogP contribution in [0.25, 0.3) is 11.5 Å². The third kappa shape index (κ3) is 2.68. The molecule has 0 aliphatic heterocycles. The molecule has 0 unspecified atom stereocenters. The molecule has 1 aromatic carbocycles. The molecular weight excluding hydrogens is 262 g/mol. The quantitative estimate of drug-likeness (QED) is 0.805. The number of benzene rings is 1. The van der Waals surface area contributed by atoms with Gasteiger partial charge in [-0.25, -0.2) is 13.4 Å². The number of halogens is 1. The van der Waals surface area contributed by atoms with Crippen LogP contribution in [-0.4, -0.2) is 19.7 Å². The molecule has 0 aliphatic rings. The van der Waals surface area contributed by atoms with Crippen LogP contribution in [0.1, 0.15) is 5.69 Å². The van der Waals surface area contributed by atoms with Gasteiger partial charge < -0.3 is 4.42 Å². The normalized spacial score (nSPS) is 11.6. The topological polar surface area (TPSA) is 60.2 Å². The van der Waals surface area contributed by atoms with E-state index in [0.717, 1.165) is 6.26 Å². The highest BCUT2D eigenvalue weighted by Gasteiger charge is 2.11. The number of alkyl halides is 1. The Balaban J connectivity index is 2.46. The first-order valence-electron chi connectivity index (χ1n) is 4.81. The molecule has 0 bridgehead atoms. The van der Waals surface area contributed by atoms with E-state index < -0.39 is 9.84 Å². The first-order valence-corrected chi connectivity index (χ1v) is 7.24. The molecule has 6 heteroatoms. The van der Waals surface area contributed by atoms with Crippen molar-refractivity contribution in [2.75, 3.05) is 6.26 Å². The highest BCUT2D eigenvalue weighted by Crippen LogP contribution is 2.22. The molecule has 17 heavy (non-hydrogen) atoms. The van der Waals surface area contributed by atoms with Gasteiger partial charge in [0.25, 0.3) is 0 Å². The Bertz CT molecular complexity index is 634. The van der Waals surface area contributed by atoms with Gasteiger partial charge in [0.15, 0.2) is 9.84 Å². The van der Waals surface area contributed by atoms with Gasteiger partial charge in [0.2, 0.25) is 5.89 Å². The predicted octanol–water partition coefficient (Wildman–Crippen LogP) is 2.48. The number of hydrogen-bond donors (Lipinski definition) is 0. The van der Waals surface area contributed by atoms with Crippen LogP contribution >= 0.6 is 11.6 Å². The zero-order valence-corrected chi connectivity index (χ0v) is 10.6. The van der Waals surface area contributed by atoms with Crippen molar-refractivity contribution in [3.05, 3.63) is 36.2 Å². The van der Waals surface area contributed by atoms with Crippen LogP contribution in [0.2, 0.25) is 0 Å². The van der Waals surface area contributed by atoms with Crippen LogP contribution in [0.5, 0.6) is 0 Å². The fourth-order valence-electron chi connectivity index (χ4n) is 1.36. The molecule has 0 saturated carbocycles. The van der Waals surface area contributed by atoms with Crippen molar-refractivity contribution in [3.63, 3.8) is 0 Å². The smallest absolute Gasteiger partial charge is 0.226 e. The van der Waals surface area contributed by atoms with E-state index in [1.807, 2.05) is 0 Å². The van der Waals surface area contributed by atoms with E-state index >= 15 is 0 Å². The van der Waals surface area contributed by atoms with E-state index in [4.69, 9.17) is 16.0 Å². The Kier molecular flexibility index (Phi) is 3.22. The first-order chi connectivity index (χ1) is 8.00. The van der Waals surface area contributed by atoms with Crippen molar-refractivity contribution >= 4 is 21.4 Å². The highest BCUT2D eigenvalue weighted by atomic mass is 35.5. The van der Waals surface area contributed by atoms with Crippen LogP contribution in [0, 0.1) is 0 Å². The predicted molar refractivity (Wildman–Crippen MR) is 64.6 cm³/mol. The molecule has 2 rings (SSSR count). The van der Waals surface area contributed by atoms with E-state index in [2.05, 4.69) is 4.98 Å². The minimum atomic E-state index is -3.23. The summed E-state index contributed by atoms with van der Waals surface area (Å²) < 4.78 is 28.0. The van der Waals surface area contributed by atoms with Gasteiger partial charge in [-0.15, -0.1) is 11.6 Å². The number of aromatic nitrogens is 1. The van der Waals surface area contributed by atoms with Crippen molar-refractivity contribution in [2.24, 2.45) is 0 Å². The van der Waals surface area contributed by atoms with Gasteiger partial charge in [-0.05, 0) is 18.2 Å². The van der Waals surface area contributed by atoms with Crippen LogP contribution in [-0.2, 0) is 15.7 Å². The molecule has 0 N–H and O–H groups in total. The first kappa shape index (κ1) is 12.1. The maximum atomic E-state index is 11.4. The summed E-state index contributed by atoms with van der Waals surface area (Å²) in [6, 6.07) is 6.44. The Morgan fingerprint density at radius 1 is 1.41 bits per heavy atom. The molecule has 0 saturated heterocycles. The van der Waals surface area contributed by atoms with Crippen LogP contribution in [0.15, 0.2) is 39.8 Å². The summed E-state index contributed by atoms with van der Waals surface area (Å²) in [7, 11) is -3.23. The van der Waals surface area contributed by atoms with Crippen molar-refractivity contribution in [1.82, 2.24) is 4.98 Å². The number of rotatable bonds is 3. The lowest BCUT2D eigenvalue weighted by Crippen LogP contribution is -1.96. The summed E-state index contributed by atoms with van der Waals surface area (Å²) in [5.41, 5.74) is 1.23. The Morgan fingerprint density at radius 2 is 2.18 bits per heavy atom. The van der Waals surface area contributed by atoms with E-state index in [0.29, 0.717) is 17.1 Å². The molecular formula is C11H10ClNO3S. The molecule has 0 atom stereocenters. The summed E-state index contributed by atoms with van der Waals surface area (Å²) in [5, 5.41) is 0. The third-order valence-corrected chi connectivity index (χ3v) is 3.58. The molecule has 90 valence electrons. The van der Waals surface area contributed by atoms with Gasteiger partial charge in [-0.2, -0.15) is 0 Å². The second kappa shape index (κ2) is 4.50. The summed E-state index contributed by atoms with van der Waals surface area (Å²) in [6.07, 6.45) is 2.61. The molecule has 0 aliphatic carbocycles. The van der Waals surface area contributed by atoms with Gasteiger partial charge in [0, 0.05) is 11.8 Å². The lowest BCUT2D eigenvalue weighted by molar-refractivity contribution is 0.573. The summed E-state index contributed by atoms with van der Waals surface area (Å²) in [4.78, 5) is 4.37. The third-order valence-electron chi connectivity index (χ3n) is 2.20. The standard InChI is InChI=1S/C11H10ClNO3S/c1-17(14,15)10-4-2-3-8(5-10)11-13-9(6-12)7-16-11/h2-5,7H,6H2,1H3. The van der Waals surface area contributed by atoms with Crippen molar-refractivity contribution in [3.8, 4) is 11.5 Å². The zero-order valence-electron chi connectivity index (χ0n) is 9.05. The Morgan fingerprint density at radius 3 is 2.76 bits per heavy atom. The number of oxazole rings is 1. The second-order valence-corrected chi connectivity index (χ2v) is 5.86. The van der Waals surface area contributed by atoms with Gasteiger partial charge in [-0.3, -0.25) is 0 Å².